The van der Waals surface area contributed by atoms with Gasteiger partial charge in [0.15, 0.2) is 5.82 Å². The third-order valence-corrected chi connectivity index (χ3v) is 5.26. The summed E-state index contributed by atoms with van der Waals surface area (Å²) in [6, 6.07) is 12.8. The predicted octanol–water partition coefficient (Wildman–Crippen LogP) is 2.74. The average Bonchev–Trinajstić information content (AvgIpc) is 2.79. The van der Waals surface area contributed by atoms with E-state index in [1.165, 1.54) is 6.07 Å². The molecule has 0 bridgehead atoms. The molecule has 0 unspecified atom stereocenters. The highest BCUT2D eigenvalue weighted by atomic mass is 16.5. The summed E-state index contributed by atoms with van der Waals surface area (Å²) in [6.45, 7) is 3.74. The molecule has 0 amide bonds. The van der Waals surface area contributed by atoms with Gasteiger partial charge in [0.05, 0.1) is 25.4 Å². The molecule has 0 atom stereocenters. The van der Waals surface area contributed by atoms with Gasteiger partial charge in [0.25, 0.3) is 0 Å². The molecule has 2 aliphatic rings. The Morgan fingerprint density at radius 2 is 1.83 bits per heavy atom. The second-order valence-corrected chi connectivity index (χ2v) is 7.34. The first-order chi connectivity index (χ1) is 14.8. The Balaban J connectivity index is 1.45. The van der Waals surface area contributed by atoms with Crippen LogP contribution in [0.25, 0.3) is 11.4 Å². The molecule has 154 valence electrons. The number of rotatable bonds is 4. The SMILES string of the molecule is O=c1cccc(Nc2ccc(-c3nc4c(c(N5CCOCC5)n3)CCCO4)cc2)[nH]1. The number of aromatic nitrogens is 3. The highest BCUT2D eigenvalue weighted by molar-refractivity contribution is 5.66. The summed E-state index contributed by atoms with van der Waals surface area (Å²) >= 11 is 0. The fraction of sp³-hybridized carbons (Fsp3) is 0.318. The van der Waals surface area contributed by atoms with E-state index >= 15 is 0 Å². The van der Waals surface area contributed by atoms with Crippen molar-refractivity contribution in [3.63, 3.8) is 0 Å². The van der Waals surface area contributed by atoms with Crippen LogP contribution in [0.15, 0.2) is 47.3 Å². The molecule has 2 N–H and O–H groups in total. The van der Waals surface area contributed by atoms with Gasteiger partial charge in [-0.2, -0.15) is 4.98 Å². The van der Waals surface area contributed by atoms with Crippen molar-refractivity contribution in [2.45, 2.75) is 12.8 Å². The molecule has 3 aromatic rings. The molecule has 8 nitrogen and oxygen atoms in total. The topological polar surface area (TPSA) is 92.4 Å². The molecular weight excluding hydrogens is 382 g/mol. The van der Waals surface area contributed by atoms with Gasteiger partial charge in [0, 0.05) is 30.4 Å². The zero-order valence-corrected chi connectivity index (χ0v) is 16.6. The van der Waals surface area contributed by atoms with Crippen molar-refractivity contribution in [3.05, 3.63) is 58.4 Å². The largest absolute Gasteiger partial charge is 0.477 e. The number of pyridine rings is 1. The molecule has 30 heavy (non-hydrogen) atoms. The second kappa shape index (κ2) is 8.16. The summed E-state index contributed by atoms with van der Waals surface area (Å²) < 4.78 is 11.4. The Bertz CT molecular complexity index is 1090. The fourth-order valence-electron chi connectivity index (χ4n) is 3.75. The summed E-state index contributed by atoms with van der Waals surface area (Å²) in [7, 11) is 0. The quantitative estimate of drug-likeness (QED) is 0.689. The van der Waals surface area contributed by atoms with Gasteiger partial charge in [0.1, 0.15) is 11.6 Å². The van der Waals surface area contributed by atoms with Crippen LogP contribution in [0, 0.1) is 0 Å². The summed E-state index contributed by atoms with van der Waals surface area (Å²) in [6.07, 6.45) is 1.91. The van der Waals surface area contributed by atoms with Gasteiger partial charge in [-0.15, -0.1) is 0 Å². The smallest absolute Gasteiger partial charge is 0.249 e. The number of ether oxygens (including phenoxy) is 2. The van der Waals surface area contributed by atoms with Gasteiger partial charge in [-0.05, 0) is 43.2 Å². The van der Waals surface area contributed by atoms with Crippen LogP contribution in [-0.4, -0.2) is 47.9 Å². The van der Waals surface area contributed by atoms with E-state index in [0.29, 0.717) is 37.3 Å². The van der Waals surface area contributed by atoms with Gasteiger partial charge in [-0.25, -0.2) is 4.98 Å². The lowest BCUT2D eigenvalue weighted by atomic mass is 10.1. The number of nitrogens with zero attached hydrogens (tertiary/aromatic N) is 3. The minimum Gasteiger partial charge on any atom is -0.477 e. The molecule has 2 aliphatic heterocycles. The normalized spacial score (nSPS) is 15.9. The van der Waals surface area contributed by atoms with Crippen LogP contribution in [0.4, 0.5) is 17.3 Å². The van der Waals surface area contributed by atoms with Gasteiger partial charge in [0.2, 0.25) is 11.4 Å². The van der Waals surface area contributed by atoms with E-state index < -0.39 is 0 Å². The van der Waals surface area contributed by atoms with Gasteiger partial charge in [-0.1, -0.05) is 6.07 Å². The van der Waals surface area contributed by atoms with E-state index in [1.807, 2.05) is 30.3 Å². The van der Waals surface area contributed by atoms with E-state index in [-0.39, 0.29) is 5.56 Å². The van der Waals surface area contributed by atoms with Crippen LogP contribution in [0.1, 0.15) is 12.0 Å². The molecule has 2 aromatic heterocycles. The van der Waals surface area contributed by atoms with E-state index in [0.717, 1.165) is 48.6 Å². The number of morpholine rings is 1. The van der Waals surface area contributed by atoms with Crippen LogP contribution < -0.4 is 20.5 Å². The Hall–Kier alpha value is -3.39. The molecule has 1 aromatic carbocycles. The van der Waals surface area contributed by atoms with Crippen molar-refractivity contribution in [3.8, 4) is 17.3 Å². The van der Waals surface area contributed by atoms with Crippen molar-refractivity contribution >= 4 is 17.3 Å². The lowest BCUT2D eigenvalue weighted by Crippen LogP contribution is -2.38. The number of fused-ring (bicyclic) bond motifs is 1. The molecule has 0 radical (unpaired) electrons. The first-order valence-corrected chi connectivity index (χ1v) is 10.2. The van der Waals surface area contributed by atoms with Crippen LogP contribution in [0.2, 0.25) is 0 Å². The summed E-state index contributed by atoms with van der Waals surface area (Å²) in [4.78, 5) is 26.1. The minimum absolute atomic E-state index is 0.144. The molecule has 1 fully saturated rings. The van der Waals surface area contributed by atoms with E-state index in [9.17, 15) is 4.79 Å². The van der Waals surface area contributed by atoms with Gasteiger partial charge in [-0.3, -0.25) is 4.79 Å². The lowest BCUT2D eigenvalue weighted by molar-refractivity contribution is 0.122. The summed E-state index contributed by atoms with van der Waals surface area (Å²) in [5.41, 5.74) is 2.73. The van der Waals surface area contributed by atoms with Crippen LogP contribution in [-0.2, 0) is 11.2 Å². The molecule has 8 heteroatoms. The molecular formula is C22H23N5O3. The van der Waals surface area contributed by atoms with Crippen LogP contribution in [0.5, 0.6) is 5.88 Å². The fourth-order valence-corrected chi connectivity index (χ4v) is 3.75. The van der Waals surface area contributed by atoms with Gasteiger partial charge >= 0.3 is 0 Å². The zero-order valence-electron chi connectivity index (χ0n) is 16.6. The standard InChI is InChI=1S/C22H23N5O3/c28-19-5-1-4-18(24-19)23-16-8-6-15(7-9-16)20-25-21(27-10-13-29-14-11-27)17-3-2-12-30-22(17)26-20/h1,4-9H,2-3,10-14H2,(H2,23,24,28). The van der Waals surface area contributed by atoms with Crippen molar-refractivity contribution in [2.24, 2.45) is 0 Å². The monoisotopic (exact) mass is 405 g/mol. The molecule has 1 saturated heterocycles. The zero-order chi connectivity index (χ0) is 20.3. The third kappa shape index (κ3) is 3.86. The Labute approximate surface area is 173 Å². The predicted molar refractivity (Wildman–Crippen MR) is 115 cm³/mol. The maximum atomic E-state index is 11.5. The first-order valence-electron chi connectivity index (χ1n) is 10.2. The molecule has 5 rings (SSSR count). The first kappa shape index (κ1) is 18.6. The highest BCUT2D eigenvalue weighted by Gasteiger charge is 2.24. The number of benzene rings is 1. The van der Waals surface area contributed by atoms with E-state index in [4.69, 9.17) is 19.4 Å². The average molecular weight is 405 g/mol. The second-order valence-electron chi connectivity index (χ2n) is 7.34. The maximum Gasteiger partial charge on any atom is 0.249 e. The van der Waals surface area contributed by atoms with E-state index in [1.54, 1.807) is 6.07 Å². The van der Waals surface area contributed by atoms with Crippen molar-refractivity contribution in [1.82, 2.24) is 15.0 Å². The van der Waals surface area contributed by atoms with Crippen molar-refractivity contribution in [2.75, 3.05) is 43.1 Å². The Morgan fingerprint density at radius 3 is 2.63 bits per heavy atom. The summed E-state index contributed by atoms with van der Waals surface area (Å²) in [5, 5.41) is 3.19. The van der Waals surface area contributed by atoms with Gasteiger partial charge < -0.3 is 24.7 Å². The minimum atomic E-state index is -0.144. The number of H-pyrrole nitrogens is 1. The maximum absolute atomic E-state index is 11.5. The third-order valence-electron chi connectivity index (χ3n) is 5.26. The number of hydrogen-bond donors (Lipinski definition) is 2. The van der Waals surface area contributed by atoms with Crippen LogP contribution in [0.3, 0.4) is 0 Å². The van der Waals surface area contributed by atoms with E-state index in [2.05, 4.69) is 15.2 Å². The highest BCUT2D eigenvalue weighted by Crippen LogP contribution is 2.34. The number of hydrogen-bond acceptors (Lipinski definition) is 7. The Morgan fingerprint density at radius 1 is 1.00 bits per heavy atom. The van der Waals surface area contributed by atoms with Crippen molar-refractivity contribution < 1.29 is 9.47 Å². The molecule has 0 aliphatic carbocycles. The van der Waals surface area contributed by atoms with Crippen molar-refractivity contribution in [1.29, 1.82) is 0 Å². The Kier molecular flexibility index (Phi) is 5.06. The lowest BCUT2D eigenvalue weighted by Gasteiger charge is -2.31. The molecule has 0 saturated carbocycles. The number of anilines is 3. The molecule has 4 heterocycles. The van der Waals surface area contributed by atoms with Crippen LogP contribution >= 0.6 is 0 Å². The number of aromatic amines is 1. The number of nitrogens with one attached hydrogen (secondary N) is 2. The molecule has 0 spiro atoms. The summed E-state index contributed by atoms with van der Waals surface area (Å²) in [5.74, 6) is 2.94.